The Morgan fingerprint density at radius 2 is 1.47 bits per heavy atom. The van der Waals surface area contributed by atoms with Crippen molar-refractivity contribution in [3.8, 4) is 17.3 Å². The van der Waals surface area contributed by atoms with Gasteiger partial charge < -0.3 is 20.2 Å². The van der Waals surface area contributed by atoms with Crippen LogP contribution in [0.25, 0.3) is 16.5 Å². The van der Waals surface area contributed by atoms with Gasteiger partial charge in [-0.3, -0.25) is 0 Å². The molecule has 0 saturated heterocycles. The molecule has 1 heterocycles. The van der Waals surface area contributed by atoms with Crippen LogP contribution in [-0.2, 0) is 27.5 Å². The molecule has 0 saturated carbocycles. The second-order valence-corrected chi connectivity index (χ2v) is 7.76. The van der Waals surface area contributed by atoms with Crippen LogP contribution in [0.15, 0.2) is 75.8 Å². The zero-order valence-electron chi connectivity index (χ0n) is 16.4. The molecule has 10 nitrogen and oxygen atoms in total. The Labute approximate surface area is 193 Å². The van der Waals surface area contributed by atoms with Crippen molar-refractivity contribution >= 4 is 32.3 Å². The third kappa shape index (κ3) is 4.50. The average Bonchev–Trinajstić information content (AvgIpc) is 3.00. The van der Waals surface area contributed by atoms with E-state index in [2.05, 4.69) is 15.3 Å². The van der Waals surface area contributed by atoms with Crippen molar-refractivity contribution in [3.63, 3.8) is 0 Å². The molecular weight excluding hydrogens is 476 g/mol. The molecular formula is C20H14CrN4O6S-. The van der Waals surface area contributed by atoms with Crippen LogP contribution >= 0.6 is 0 Å². The minimum atomic E-state index is -4.86. The van der Waals surface area contributed by atoms with Gasteiger partial charge in [0.05, 0.1) is 22.0 Å². The van der Waals surface area contributed by atoms with Crippen molar-refractivity contribution in [2.24, 2.45) is 10.2 Å². The van der Waals surface area contributed by atoms with E-state index in [1.165, 1.54) is 22.9 Å². The van der Waals surface area contributed by atoms with E-state index < -0.39 is 26.6 Å². The molecule has 0 spiro atoms. The first-order chi connectivity index (χ1) is 14.3. The third-order valence-corrected chi connectivity index (χ3v) is 5.33. The van der Waals surface area contributed by atoms with E-state index in [1.54, 1.807) is 43.3 Å². The summed E-state index contributed by atoms with van der Waals surface area (Å²) < 4.78 is 35.7. The first-order valence-electron chi connectivity index (χ1n) is 8.70. The Morgan fingerprint density at radius 1 is 0.906 bits per heavy atom. The van der Waals surface area contributed by atoms with Crippen molar-refractivity contribution in [2.75, 3.05) is 0 Å². The van der Waals surface area contributed by atoms with Gasteiger partial charge in [-0.1, -0.05) is 48.2 Å². The maximum absolute atomic E-state index is 12.7. The number of hydrogen-bond donors (Lipinski definition) is 0. The predicted molar refractivity (Wildman–Crippen MR) is 105 cm³/mol. The van der Waals surface area contributed by atoms with Crippen molar-refractivity contribution < 1.29 is 46.0 Å². The van der Waals surface area contributed by atoms with Crippen LogP contribution in [0.1, 0.15) is 5.69 Å². The Morgan fingerprint density at radius 3 is 2.09 bits per heavy atom. The molecule has 12 heteroatoms. The monoisotopic (exact) mass is 490 g/mol. The van der Waals surface area contributed by atoms with Gasteiger partial charge in [0.1, 0.15) is 15.8 Å². The van der Waals surface area contributed by atoms with Gasteiger partial charge in [-0.2, -0.15) is 10.2 Å². The number of aromatic nitrogens is 2. The average molecular weight is 490 g/mol. The van der Waals surface area contributed by atoms with E-state index in [1.807, 2.05) is 0 Å². The Kier molecular flexibility index (Phi) is 7.40. The standard InChI is InChI=1S/C20H16N4O5S.Cr.H2O/c1-12-18(20(26)24(23-12)13-7-3-2-4-8-13)21-22-19-15-10-6-5-9-14(15)17(11-16(19)25)30(27,28)29;;/h2-11,25-26H,1H3,(H,27,28,29);;1H2/q;+3;/p-4. The largest absolute Gasteiger partial charge is 3.00 e. The predicted octanol–water partition coefficient (Wildman–Crippen LogP) is 2.62. The summed E-state index contributed by atoms with van der Waals surface area (Å²) in [6, 6.07) is 15.4. The normalized spacial score (nSPS) is 11.3. The van der Waals surface area contributed by atoms with Gasteiger partial charge in [-0.25, -0.2) is 13.1 Å². The number of para-hydroxylation sites is 1. The molecule has 1 aromatic heterocycles. The van der Waals surface area contributed by atoms with E-state index in [4.69, 9.17) is 0 Å². The van der Waals surface area contributed by atoms with Gasteiger partial charge in [0.15, 0.2) is 0 Å². The second kappa shape index (κ2) is 9.48. The summed E-state index contributed by atoms with van der Waals surface area (Å²) in [4.78, 5) is -0.625. The molecule has 163 valence electrons. The van der Waals surface area contributed by atoms with Crippen LogP contribution in [-0.4, -0.2) is 28.2 Å². The molecule has 1 radical (unpaired) electrons. The first-order valence-corrected chi connectivity index (χ1v) is 10.1. The fraction of sp³-hybridized carbons (Fsp3) is 0.0500. The maximum atomic E-state index is 12.7. The molecule has 4 aromatic rings. The molecule has 0 aliphatic rings. The Bertz CT molecular complexity index is 1400. The van der Waals surface area contributed by atoms with Gasteiger partial charge in [0, 0.05) is 16.7 Å². The fourth-order valence-corrected chi connectivity index (χ4v) is 3.77. The molecule has 0 atom stereocenters. The summed E-state index contributed by atoms with van der Waals surface area (Å²) in [5.41, 5.74) is 0.627. The quantitative estimate of drug-likeness (QED) is 0.312. The van der Waals surface area contributed by atoms with E-state index >= 15 is 0 Å². The molecule has 32 heavy (non-hydrogen) atoms. The topological polar surface area (TPSA) is 176 Å². The van der Waals surface area contributed by atoms with Crippen LogP contribution in [0.5, 0.6) is 11.6 Å². The van der Waals surface area contributed by atoms with E-state index in [-0.39, 0.29) is 45.0 Å². The van der Waals surface area contributed by atoms with Crippen molar-refractivity contribution in [1.29, 1.82) is 0 Å². The number of azo groups is 1. The number of nitrogens with zero attached hydrogens (tertiary/aromatic N) is 4. The first kappa shape index (κ1) is 25.0. The van der Waals surface area contributed by atoms with Crippen molar-refractivity contribution in [2.45, 2.75) is 11.8 Å². The van der Waals surface area contributed by atoms with Crippen LogP contribution in [0.2, 0.25) is 0 Å². The van der Waals surface area contributed by atoms with E-state index in [0.29, 0.717) is 11.4 Å². The summed E-state index contributed by atoms with van der Waals surface area (Å²) in [6.07, 6.45) is 0. The number of aryl methyl sites for hydroxylation is 1. The molecule has 0 unspecified atom stereocenters. The number of rotatable bonds is 4. The minimum Gasteiger partial charge on any atom is -0.871 e. The SMILES string of the molecule is Cc1nn(-c2ccccc2)c([O-])c1N=Nc1c([O-])cc(S(=O)(=O)[O-])c2ccccc12.[Cr+3].[OH-]. The summed E-state index contributed by atoms with van der Waals surface area (Å²) in [7, 11) is -4.86. The van der Waals surface area contributed by atoms with Crippen molar-refractivity contribution in [1.82, 2.24) is 9.78 Å². The minimum absolute atomic E-state index is 0. The second-order valence-electron chi connectivity index (χ2n) is 6.41. The van der Waals surface area contributed by atoms with Gasteiger partial charge in [0.25, 0.3) is 0 Å². The molecule has 4 rings (SSSR count). The van der Waals surface area contributed by atoms with Crippen LogP contribution < -0.4 is 10.2 Å². The summed E-state index contributed by atoms with van der Waals surface area (Å²) in [5, 5.41) is 37.4. The molecule has 0 bridgehead atoms. The molecule has 0 aliphatic heterocycles. The van der Waals surface area contributed by atoms with Gasteiger partial charge in [-0.05, 0) is 25.1 Å². The smallest absolute Gasteiger partial charge is 0.871 e. The van der Waals surface area contributed by atoms with Crippen molar-refractivity contribution in [3.05, 3.63) is 66.4 Å². The maximum Gasteiger partial charge on any atom is 3.00 e. The van der Waals surface area contributed by atoms with Gasteiger partial charge in [-0.15, -0.1) is 5.11 Å². The van der Waals surface area contributed by atoms with Crippen LogP contribution in [0, 0.1) is 6.92 Å². The number of hydrogen-bond acceptors (Lipinski definition) is 9. The Hall–Kier alpha value is -3.27. The molecule has 0 aliphatic carbocycles. The van der Waals surface area contributed by atoms with Gasteiger partial charge in [0.2, 0.25) is 0 Å². The number of fused-ring (bicyclic) bond motifs is 1. The fourth-order valence-electron chi connectivity index (χ4n) is 3.07. The van der Waals surface area contributed by atoms with Crippen LogP contribution in [0.4, 0.5) is 11.4 Å². The molecule has 3 aromatic carbocycles. The summed E-state index contributed by atoms with van der Waals surface area (Å²) >= 11 is 0. The molecule has 1 N–H and O–H groups in total. The zero-order valence-corrected chi connectivity index (χ0v) is 18.5. The molecule has 0 fully saturated rings. The van der Waals surface area contributed by atoms with E-state index in [0.717, 1.165) is 6.07 Å². The molecule has 0 amide bonds. The number of benzene rings is 3. The zero-order chi connectivity index (χ0) is 21.5. The summed E-state index contributed by atoms with van der Waals surface area (Å²) in [6.45, 7) is 1.58. The van der Waals surface area contributed by atoms with Crippen LogP contribution in [0.3, 0.4) is 0 Å². The summed E-state index contributed by atoms with van der Waals surface area (Å²) in [5.74, 6) is -1.31. The third-order valence-electron chi connectivity index (χ3n) is 4.45. The Balaban J connectivity index is 0.00000181. The van der Waals surface area contributed by atoms with Gasteiger partial charge >= 0.3 is 17.4 Å². The van der Waals surface area contributed by atoms with E-state index in [9.17, 15) is 23.2 Å².